The van der Waals surface area contributed by atoms with Crippen molar-refractivity contribution in [3.63, 3.8) is 0 Å². The second kappa shape index (κ2) is 9.22. The van der Waals surface area contributed by atoms with Gasteiger partial charge in [0.2, 0.25) is 0 Å². The number of furan rings is 2. The zero-order valence-electron chi connectivity index (χ0n) is 25.5. The number of hydrogen-bond donors (Lipinski definition) is 0. The van der Waals surface area contributed by atoms with Crippen LogP contribution >= 0.6 is 0 Å². The molecule has 0 N–H and O–H groups in total. The predicted molar refractivity (Wildman–Crippen MR) is 195 cm³/mol. The number of hydrogen-bond acceptors (Lipinski definition) is 3. The fourth-order valence-electron chi connectivity index (χ4n) is 7.83. The highest BCUT2D eigenvalue weighted by atomic mass is 28.3. The molecule has 0 aliphatic carbocycles. The summed E-state index contributed by atoms with van der Waals surface area (Å²) in [6.07, 6.45) is 0. The molecular weight excluding hydrogens is 579 g/mol. The van der Waals surface area contributed by atoms with Crippen LogP contribution in [0.5, 0.6) is 0 Å². The Labute approximate surface area is 266 Å². The Morgan fingerprint density at radius 1 is 0.478 bits per heavy atom. The molecule has 9 aromatic rings. The molecular formula is C42H29NO2Si. The first-order chi connectivity index (χ1) is 22.6. The van der Waals surface area contributed by atoms with Crippen molar-refractivity contribution >= 4 is 90.2 Å². The Morgan fingerprint density at radius 3 is 2.11 bits per heavy atom. The van der Waals surface area contributed by atoms with Gasteiger partial charge in [0.25, 0.3) is 0 Å². The maximum Gasteiger partial charge on any atom is 0.143 e. The lowest BCUT2D eigenvalue weighted by Gasteiger charge is -2.27. The van der Waals surface area contributed by atoms with Crippen molar-refractivity contribution in [2.75, 3.05) is 4.90 Å². The SMILES string of the molecule is C[Si]1(C)c2cc(N(c3ccccc3)c3ccc4c(c3)oc3c5ccccc5ccc43)ccc2-c2c1ccc1oc3ccccc3c21. The summed E-state index contributed by atoms with van der Waals surface area (Å²) in [4.78, 5) is 2.36. The number of fused-ring (bicyclic) bond motifs is 12. The Bertz CT molecular complexity index is 2680. The summed E-state index contributed by atoms with van der Waals surface area (Å²) in [5, 5.41) is 9.96. The van der Waals surface area contributed by atoms with Gasteiger partial charge in [-0.25, -0.2) is 0 Å². The van der Waals surface area contributed by atoms with Gasteiger partial charge >= 0.3 is 0 Å². The maximum absolute atomic E-state index is 6.62. The first-order valence-electron chi connectivity index (χ1n) is 15.9. The molecule has 7 aromatic carbocycles. The molecule has 3 heterocycles. The molecule has 0 amide bonds. The number of rotatable bonds is 3. The molecule has 2 aromatic heterocycles. The molecule has 0 saturated carbocycles. The summed E-state index contributed by atoms with van der Waals surface area (Å²) >= 11 is 0. The molecule has 0 fully saturated rings. The number of anilines is 3. The van der Waals surface area contributed by atoms with Crippen LogP contribution in [-0.2, 0) is 0 Å². The van der Waals surface area contributed by atoms with E-state index in [2.05, 4.69) is 151 Å². The molecule has 4 heteroatoms. The summed E-state index contributed by atoms with van der Waals surface area (Å²) < 4.78 is 12.9. The van der Waals surface area contributed by atoms with Gasteiger partial charge in [0.05, 0.1) is 0 Å². The highest BCUT2D eigenvalue weighted by molar-refractivity contribution is 7.04. The van der Waals surface area contributed by atoms with Crippen LogP contribution in [0.2, 0.25) is 13.1 Å². The second-order valence-corrected chi connectivity index (χ2v) is 17.3. The van der Waals surface area contributed by atoms with Gasteiger partial charge in [-0.1, -0.05) is 92.0 Å². The molecule has 10 rings (SSSR count). The van der Waals surface area contributed by atoms with Crippen LogP contribution in [0, 0.1) is 0 Å². The largest absolute Gasteiger partial charge is 0.456 e. The lowest BCUT2D eigenvalue weighted by molar-refractivity contribution is 0.669. The van der Waals surface area contributed by atoms with Crippen LogP contribution in [0.1, 0.15) is 0 Å². The van der Waals surface area contributed by atoms with E-state index in [9.17, 15) is 0 Å². The van der Waals surface area contributed by atoms with E-state index in [-0.39, 0.29) is 0 Å². The maximum atomic E-state index is 6.62. The second-order valence-electron chi connectivity index (χ2n) is 12.9. The molecule has 218 valence electrons. The van der Waals surface area contributed by atoms with Crippen molar-refractivity contribution in [2.45, 2.75) is 13.1 Å². The van der Waals surface area contributed by atoms with E-state index in [1.165, 1.54) is 37.7 Å². The fraction of sp³-hybridized carbons (Fsp3) is 0.0476. The molecule has 1 aliphatic heterocycles. The minimum Gasteiger partial charge on any atom is -0.456 e. The Hall–Kier alpha value is -5.58. The zero-order valence-corrected chi connectivity index (χ0v) is 26.5. The minimum absolute atomic E-state index is 0.891. The lowest BCUT2D eigenvalue weighted by Crippen LogP contribution is -2.49. The molecule has 46 heavy (non-hydrogen) atoms. The Morgan fingerprint density at radius 2 is 1.22 bits per heavy atom. The van der Waals surface area contributed by atoms with E-state index in [0.717, 1.165) is 55.6 Å². The third-order valence-corrected chi connectivity index (χ3v) is 13.6. The van der Waals surface area contributed by atoms with Crippen molar-refractivity contribution in [3.05, 3.63) is 140 Å². The molecule has 0 saturated heterocycles. The van der Waals surface area contributed by atoms with E-state index in [4.69, 9.17) is 8.83 Å². The first-order valence-corrected chi connectivity index (χ1v) is 18.9. The molecule has 0 spiro atoms. The van der Waals surface area contributed by atoms with Crippen LogP contribution in [0.15, 0.2) is 148 Å². The number of nitrogens with zero attached hydrogens (tertiary/aromatic N) is 1. The minimum atomic E-state index is -2.02. The van der Waals surface area contributed by atoms with Crippen LogP contribution in [0.25, 0.3) is 65.8 Å². The molecule has 0 bridgehead atoms. The van der Waals surface area contributed by atoms with E-state index < -0.39 is 8.07 Å². The van der Waals surface area contributed by atoms with Crippen molar-refractivity contribution in [2.24, 2.45) is 0 Å². The lowest BCUT2D eigenvalue weighted by atomic mass is 9.99. The number of para-hydroxylation sites is 2. The van der Waals surface area contributed by atoms with Gasteiger partial charge in [0.1, 0.15) is 30.4 Å². The third-order valence-electron chi connectivity index (χ3n) is 10.0. The highest BCUT2D eigenvalue weighted by Gasteiger charge is 2.39. The van der Waals surface area contributed by atoms with Gasteiger partial charge in [0, 0.05) is 50.1 Å². The topological polar surface area (TPSA) is 29.5 Å². The molecule has 0 radical (unpaired) electrons. The summed E-state index contributed by atoms with van der Waals surface area (Å²) in [5.41, 5.74) is 9.75. The van der Waals surface area contributed by atoms with Crippen molar-refractivity contribution in [3.8, 4) is 11.1 Å². The van der Waals surface area contributed by atoms with Gasteiger partial charge in [-0.3, -0.25) is 0 Å². The normalized spacial score (nSPS) is 13.6. The standard InChI is InChI=1S/C42H29NO2Si/c1-46(2)38-23-22-36-40(33-14-8-9-15-35(33)44-36)41(38)34-21-18-29(25-39(34)46)43(27-11-4-3-5-12-27)28-17-20-31-32-19-16-26-10-6-7-13-30(26)42(32)45-37(31)24-28/h3-25H,1-2H3. The molecule has 0 unspecified atom stereocenters. The monoisotopic (exact) mass is 607 g/mol. The molecule has 3 nitrogen and oxygen atoms in total. The van der Waals surface area contributed by atoms with Crippen molar-refractivity contribution in [1.29, 1.82) is 0 Å². The first kappa shape index (κ1) is 25.7. The average molecular weight is 608 g/mol. The predicted octanol–water partition coefficient (Wildman–Crippen LogP) is 10.9. The molecule has 0 atom stereocenters. The van der Waals surface area contributed by atoms with Crippen molar-refractivity contribution in [1.82, 2.24) is 0 Å². The van der Waals surface area contributed by atoms with Gasteiger partial charge in [-0.2, -0.15) is 0 Å². The van der Waals surface area contributed by atoms with Gasteiger partial charge in [0.15, 0.2) is 0 Å². The van der Waals surface area contributed by atoms with E-state index in [1.54, 1.807) is 0 Å². The Balaban J connectivity index is 1.18. The van der Waals surface area contributed by atoms with Gasteiger partial charge in [-0.15, -0.1) is 0 Å². The Kier molecular flexibility index (Phi) is 5.16. The quantitative estimate of drug-likeness (QED) is 0.187. The third kappa shape index (κ3) is 3.47. The average Bonchev–Trinajstić information content (AvgIpc) is 3.73. The van der Waals surface area contributed by atoms with Crippen LogP contribution in [0.3, 0.4) is 0 Å². The highest BCUT2D eigenvalue weighted by Crippen LogP contribution is 2.43. The fourth-order valence-corrected chi connectivity index (χ4v) is 10.9. The molecule has 1 aliphatic rings. The van der Waals surface area contributed by atoms with Crippen LogP contribution < -0.4 is 15.3 Å². The van der Waals surface area contributed by atoms with Crippen LogP contribution in [-0.4, -0.2) is 8.07 Å². The van der Waals surface area contributed by atoms with E-state index in [0.29, 0.717) is 0 Å². The van der Waals surface area contributed by atoms with E-state index in [1.807, 2.05) is 6.07 Å². The summed E-state index contributed by atoms with van der Waals surface area (Å²) in [6.45, 7) is 4.96. The van der Waals surface area contributed by atoms with Gasteiger partial charge in [-0.05, 0) is 81.5 Å². The zero-order chi connectivity index (χ0) is 30.6. The van der Waals surface area contributed by atoms with Gasteiger partial charge < -0.3 is 13.7 Å². The smallest absolute Gasteiger partial charge is 0.143 e. The van der Waals surface area contributed by atoms with Crippen molar-refractivity contribution < 1.29 is 8.83 Å². The summed E-state index contributed by atoms with van der Waals surface area (Å²) in [7, 11) is -2.02. The van der Waals surface area contributed by atoms with Crippen LogP contribution in [0.4, 0.5) is 17.1 Å². The summed E-state index contributed by atoms with van der Waals surface area (Å²) in [5.74, 6) is 0. The van der Waals surface area contributed by atoms with E-state index >= 15 is 0 Å². The summed E-state index contributed by atoms with van der Waals surface area (Å²) in [6, 6.07) is 50.1. The number of benzene rings is 7.